The Bertz CT molecular complexity index is 620. The zero-order valence-corrected chi connectivity index (χ0v) is 14.5. The Morgan fingerprint density at radius 1 is 1.38 bits per heavy atom. The zero-order chi connectivity index (χ0) is 17.7. The van der Waals surface area contributed by atoms with Crippen molar-refractivity contribution in [3.8, 4) is 0 Å². The molecule has 24 heavy (non-hydrogen) atoms. The summed E-state index contributed by atoms with van der Waals surface area (Å²) in [6.45, 7) is 4.66. The summed E-state index contributed by atoms with van der Waals surface area (Å²) in [6.07, 6.45) is 0.591. The molecule has 2 rings (SSSR count). The van der Waals surface area contributed by atoms with E-state index in [1.165, 1.54) is 12.0 Å². The molecule has 5 nitrogen and oxygen atoms in total. The SMILES string of the molecule is COCCNC(=O)C1(F)CCCN(C(=O)c2ccc(C)cc2C)C1. The van der Waals surface area contributed by atoms with Gasteiger partial charge in [0.2, 0.25) is 5.67 Å². The first-order valence-electron chi connectivity index (χ1n) is 8.20. The molecule has 0 saturated carbocycles. The van der Waals surface area contributed by atoms with Crippen molar-refractivity contribution >= 4 is 11.8 Å². The van der Waals surface area contributed by atoms with Crippen LogP contribution < -0.4 is 5.32 Å². The van der Waals surface area contributed by atoms with E-state index >= 15 is 4.39 Å². The minimum absolute atomic E-state index is 0.127. The normalized spacial score (nSPS) is 20.8. The van der Waals surface area contributed by atoms with Gasteiger partial charge in [0.05, 0.1) is 13.2 Å². The molecule has 1 N–H and O–H groups in total. The van der Waals surface area contributed by atoms with Crippen LogP contribution in [0.2, 0.25) is 0 Å². The fourth-order valence-electron chi connectivity index (χ4n) is 3.02. The smallest absolute Gasteiger partial charge is 0.259 e. The number of likely N-dealkylation sites (tertiary alicyclic amines) is 1. The van der Waals surface area contributed by atoms with Crippen molar-refractivity contribution in [2.75, 3.05) is 33.4 Å². The first kappa shape index (κ1) is 18.4. The predicted molar refractivity (Wildman–Crippen MR) is 89.8 cm³/mol. The standard InChI is InChI=1S/C18H25FN2O3/c1-13-5-6-15(14(2)11-13)16(22)21-9-4-7-18(19,12-21)17(23)20-8-10-24-3/h5-6,11H,4,7-10,12H2,1-3H3,(H,20,23). The second-order valence-corrected chi connectivity index (χ2v) is 6.36. The third kappa shape index (κ3) is 4.12. The Morgan fingerprint density at radius 2 is 2.12 bits per heavy atom. The molecule has 0 aliphatic carbocycles. The number of rotatable bonds is 5. The highest BCUT2D eigenvalue weighted by molar-refractivity contribution is 5.96. The molecule has 1 fully saturated rings. The third-order valence-corrected chi connectivity index (χ3v) is 4.34. The Balaban J connectivity index is 2.09. The molecule has 0 spiro atoms. The van der Waals surface area contributed by atoms with E-state index in [4.69, 9.17) is 4.74 Å². The van der Waals surface area contributed by atoms with Crippen LogP contribution in [-0.4, -0.2) is 55.7 Å². The number of halogens is 1. The largest absolute Gasteiger partial charge is 0.383 e. The second-order valence-electron chi connectivity index (χ2n) is 6.36. The molecule has 1 unspecified atom stereocenters. The molecule has 0 radical (unpaired) electrons. The second kappa shape index (κ2) is 7.75. The number of hydrogen-bond acceptors (Lipinski definition) is 3. The molecule has 132 valence electrons. The van der Waals surface area contributed by atoms with Crippen LogP contribution in [0, 0.1) is 13.8 Å². The van der Waals surface area contributed by atoms with E-state index in [2.05, 4.69) is 5.32 Å². The van der Waals surface area contributed by atoms with Gasteiger partial charge in [0.25, 0.3) is 11.8 Å². The minimum atomic E-state index is -2.04. The van der Waals surface area contributed by atoms with Crippen LogP contribution in [0.1, 0.15) is 34.3 Å². The van der Waals surface area contributed by atoms with Crippen molar-refractivity contribution < 1.29 is 18.7 Å². The highest BCUT2D eigenvalue weighted by Gasteiger charge is 2.44. The Labute approximate surface area is 142 Å². The molecule has 6 heteroatoms. The number of piperidine rings is 1. The molecule has 1 aromatic rings. The number of carbonyl (C=O) groups is 2. The maximum absolute atomic E-state index is 15.0. The highest BCUT2D eigenvalue weighted by Crippen LogP contribution is 2.27. The van der Waals surface area contributed by atoms with Crippen LogP contribution >= 0.6 is 0 Å². The van der Waals surface area contributed by atoms with Gasteiger partial charge in [-0.25, -0.2) is 4.39 Å². The summed E-state index contributed by atoms with van der Waals surface area (Å²) in [5.41, 5.74) is 0.449. The van der Waals surface area contributed by atoms with Gasteiger partial charge < -0.3 is 15.0 Å². The number of benzene rings is 1. The predicted octanol–water partition coefficient (Wildman–Crippen LogP) is 2.01. The Kier molecular flexibility index (Phi) is 5.94. The number of amides is 2. The van der Waals surface area contributed by atoms with Crippen LogP contribution in [0.4, 0.5) is 4.39 Å². The minimum Gasteiger partial charge on any atom is -0.383 e. The van der Waals surface area contributed by atoms with Crippen LogP contribution in [0.5, 0.6) is 0 Å². The van der Waals surface area contributed by atoms with Gasteiger partial charge in [0.15, 0.2) is 0 Å². The maximum atomic E-state index is 15.0. The van der Waals surface area contributed by atoms with E-state index in [9.17, 15) is 9.59 Å². The summed E-state index contributed by atoms with van der Waals surface area (Å²) in [6, 6.07) is 5.56. The number of aryl methyl sites for hydroxylation is 2. The van der Waals surface area contributed by atoms with Gasteiger partial charge in [-0.15, -0.1) is 0 Å². The van der Waals surface area contributed by atoms with Crippen molar-refractivity contribution in [3.05, 3.63) is 34.9 Å². The quantitative estimate of drug-likeness (QED) is 0.837. The fourth-order valence-corrected chi connectivity index (χ4v) is 3.02. The van der Waals surface area contributed by atoms with Crippen molar-refractivity contribution in [1.29, 1.82) is 0 Å². The first-order valence-corrected chi connectivity index (χ1v) is 8.20. The van der Waals surface area contributed by atoms with E-state index in [1.54, 1.807) is 6.07 Å². The number of carbonyl (C=O) groups excluding carboxylic acids is 2. The van der Waals surface area contributed by atoms with Gasteiger partial charge in [-0.3, -0.25) is 9.59 Å². The molecule has 1 aliphatic heterocycles. The van der Waals surface area contributed by atoms with Gasteiger partial charge in [0.1, 0.15) is 0 Å². The topological polar surface area (TPSA) is 58.6 Å². The van der Waals surface area contributed by atoms with Crippen LogP contribution in [-0.2, 0) is 9.53 Å². The number of nitrogens with one attached hydrogen (secondary N) is 1. The van der Waals surface area contributed by atoms with Gasteiger partial charge in [-0.05, 0) is 38.3 Å². The lowest BCUT2D eigenvalue weighted by atomic mass is 9.92. The molecule has 0 bridgehead atoms. The number of alkyl halides is 1. The van der Waals surface area contributed by atoms with E-state index in [-0.39, 0.29) is 25.4 Å². The zero-order valence-electron chi connectivity index (χ0n) is 14.5. The average Bonchev–Trinajstić information content (AvgIpc) is 2.54. The summed E-state index contributed by atoms with van der Waals surface area (Å²) < 4.78 is 19.9. The van der Waals surface area contributed by atoms with Crippen molar-refractivity contribution in [2.24, 2.45) is 0 Å². The van der Waals surface area contributed by atoms with E-state index in [0.717, 1.165) is 11.1 Å². The molecular formula is C18H25FN2O3. The lowest BCUT2D eigenvalue weighted by Gasteiger charge is -2.36. The monoisotopic (exact) mass is 336 g/mol. The molecule has 1 atom stereocenters. The first-order chi connectivity index (χ1) is 11.4. The molecule has 2 amide bonds. The van der Waals surface area contributed by atoms with Crippen molar-refractivity contribution in [3.63, 3.8) is 0 Å². The van der Waals surface area contributed by atoms with Gasteiger partial charge in [-0.1, -0.05) is 17.7 Å². The maximum Gasteiger partial charge on any atom is 0.259 e. The van der Waals surface area contributed by atoms with E-state index < -0.39 is 11.6 Å². The van der Waals surface area contributed by atoms with Crippen molar-refractivity contribution in [2.45, 2.75) is 32.4 Å². The molecule has 0 aromatic heterocycles. The van der Waals surface area contributed by atoms with Crippen LogP contribution in [0.3, 0.4) is 0 Å². The van der Waals surface area contributed by atoms with Crippen molar-refractivity contribution in [1.82, 2.24) is 10.2 Å². The van der Waals surface area contributed by atoms with E-state index in [0.29, 0.717) is 25.1 Å². The molecule has 1 heterocycles. The summed E-state index contributed by atoms with van der Waals surface area (Å²) in [7, 11) is 1.52. The van der Waals surface area contributed by atoms with Gasteiger partial charge in [-0.2, -0.15) is 0 Å². The van der Waals surface area contributed by atoms with Crippen LogP contribution in [0.15, 0.2) is 18.2 Å². The average molecular weight is 336 g/mol. The van der Waals surface area contributed by atoms with Gasteiger partial charge >= 0.3 is 0 Å². The van der Waals surface area contributed by atoms with Gasteiger partial charge in [0, 0.05) is 25.8 Å². The number of nitrogens with zero attached hydrogens (tertiary/aromatic N) is 1. The Morgan fingerprint density at radius 3 is 2.79 bits per heavy atom. The lowest BCUT2D eigenvalue weighted by molar-refractivity contribution is -0.136. The number of ether oxygens (including phenoxy) is 1. The number of methoxy groups -OCH3 is 1. The van der Waals surface area contributed by atoms with Crippen LogP contribution in [0.25, 0.3) is 0 Å². The number of hydrogen-bond donors (Lipinski definition) is 1. The molecule has 1 aromatic carbocycles. The summed E-state index contributed by atoms with van der Waals surface area (Å²) in [4.78, 5) is 26.3. The highest BCUT2D eigenvalue weighted by atomic mass is 19.1. The molecule has 1 aliphatic rings. The lowest BCUT2D eigenvalue weighted by Crippen LogP contribution is -2.56. The fraction of sp³-hybridized carbons (Fsp3) is 0.556. The summed E-state index contributed by atoms with van der Waals surface area (Å²) >= 11 is 0. The third-order valence-electron chi connectivity index (χ3n) is 4.34. The molecule has 1 saturated heterocycles. The summed E-state index contributed by atoms with van der Waals surface area (Å²) in [5.74, 6) is -0.892. The Hall–Kier alpha value is -1.95. The molecular weight excluding hydrogens is 311 g/mol. The van der Waals surface area contributed by atoms with E-state index in [1.807, 2.05) is 26.0 Å². The summed E-state index contributed by atoms with van der Waals surface area (Å²) in [5, 5.41) is 2.53.